The lowest BCUT2D eigenvalue weighted by molar-refractivity contribution is -0.144. The van der Waals surface area contributed by atoms with Crippen molar-refractivity contribution in [3.8, 4) is 17.0 Å². The van der Waals surface area contributed by atoms with E-state index in [0.29, 0.717) is 17.9 Å². The normalized spacial score (nSPS) is 25.3. The number of carbonyl (C=O) groups excluding carboxylic acids is 1. The van der Waals surface area contributed by atoms with Gasteiger partial charge in [-0.05, 0) is 49.6 Å². The molecule has 4 fully saturated rings. The number of carbonyl (C=O) groups is 1. The molecule has 0 saturated carbocycles. The van der Waals surface area contributed by atoms with Crippen LogP contribution in [0.4, 0.5) is 11.4 Å². The van der Waals surface area contributed by atoms with Crippen LogP contribution in [0.5, 0.6) is 5.75 Å². The summed E-state index contributed by atoms with van der Waals surface area (Å²) in [6, 6.07) is 16.2. The highest BCUT2D eigenvalue weighted by Crippen LogP contribution is 2.38. The molecule has 0 radical (unpaired) electrons. The van der Waals surface area contributed by atoms with Gasteiger partial charge in [-0.2, -0.15) is 0 Å². The quantitative estimate of drug-likeness (QED) is 0.519. The zero-order valence-electron chi connectivity index (χ0n) is 21.4. The molecule has 9 heteroatoms. The maximum atomic E-state index is 13.6. The number of piperazine rings is 1. The summed E-state index contributed by atoms with van der Waals surface area (Å²) in [6.45, 7) is 5.87. The minimum absolute atomic E-state index is 0.0985. The Morgan fingerprint density at radius 3 is 2.68 bits per heavy atom. The summed E-state index contributed by atoms with van der Waals surface area (Å²) >= 11 is 0. The fourth-order valence-electron chi connectivity index (χ4n) is 6.33. The summed E-state index contributed by atoms with van der Waals surface area (Å²) in [6.07, 6.45) is 4.13. The number of benzene rings is 2. The second-order valence-corrected chi connectivity index (χ2v) is 10.5. The highest BCUT2D eigenvalue weighted by atomic mass is 16.5. The topological polar surface area (TPSA) is 92.8 Å². The number of aromatic nitrogens is 3. The van der Waals surface area contributed by atoms with Gasteiger partial charge >= 0.3 is 0 Å². The predicted molar refractivity (Wildman–Crippen MR) is 143 cm³/mol. The van der Waals surface area contributed by atoms with E-state index in [1.54, 1.807) is 7.11 Å². The molecule has 1 aromatic heterocycles. The summed E-state index contributed by atoms with van der Waals surface area (Å²) < 4.78 is 7.48. The van der Waals surface area contributed by atoms with Crippen molar-refractivity contribution >= 4 is 17.3 Å². The Hall–Kier alpha value is -3.59. The van der Waals surface area contributed by atoms with Crippen molar-refractivity contribution in [2.24, 2.45) is 11.8 Å². The highest BCUT2D eigenvalue weighted by Gasteiger charge is 2.44. The number of ether oxygens (including phenoxy) is 1. The lowest BCUT2D eigenvalue weighted by atomic mass is 9.75. The lowest BCUT2D eigenvalue weighted by Crippen LogP contribution is -2.60. The number of nitrogens with zero attached hydrogens (tertiary/aromatic N) is 6. The number of piperidine rings is 3. The third-order valence-corrected chi connectivity index (χ3v) is 8.33. The third-order valence-electron chi connectivity index (χ3n) is 8.33. The molecule has 4 unspecified atom stereocenters. The first-order valence-electron chi connectivity index (χ1n) is 13.3. The van der Waals surface area contributed by atoms with Gasteiger partial charge < -0.3 is 20.3 Å². The van der Waals surface area contributed by atoms with Crippen LogP contribution in [0.15, 0.2) is 54.7 Å². The van der Waals surface area contributed by atoms with Gasteiger partial charge in [-0.1, -0.05) is 29.5 Å². The molecule has 9 nitrogen and oxygen atoms in total. The van der Waals surface area contributed by atoms with Crippen molar-refractivity contribution in [3.63, 3.8) is 0 Å². The highest BCUT2D eigenvalue weighted by molar-refractivity contribution is 5.80. The van der Waals surface area contributed by atoms with Gasteiger partial charge in [0.1, 0.15) is 11.4 Å². The number of rotatable bonds is 6. The van der Waals surface area contributed by atoms with E-state index in [9.17, 15) is 4.79 Å². The minimum atomic E-state index is 0.0985. The Bertz CT molecular complexity index is 1250. The van der Waals surface area contributed by atoms with Gasteiger partial charge in [-0.25, -0.2) is 0 Å². The van der Waals surface area contributed by atoms with Crippen molar-refractivity contribution in [2.75, 3.05) is 57.0 Å². The molecular weight excluding hydrogens is 466 g/mol. The van der Waals surface area contributed by atoms with Gasteiger partial charge in [-0.3, -0.25) is 14.4 Å². The Kier molecular flexibility index (Phi) is 6.46. The zero-order valence-corrected chi connectivity index (χ0v) is 21.4. The number of methoxy groups -OCH3 is 1. The number of para-hydroxylation sites is 2. The summed E-state index contributed by atoms with van der Waals surface area (Å²) in [5.41, 5.74) is 9.57. The summed E-state index contributed by atoms with van der Waals surface area (Å²) in [5, 5.41) is 8.75. The lowest BCUT2D eigenvalue weighted by Gasteiger charge is -2.50. The van der Waals surface area contributed by atoms with E-state index in [2.05, 4.69) is 31.1 Å². The molecule has 0 aliphatic carbocycles. The average Bonchev–Trinajstić information content (AvgIpc) is 3.41. The number of hydrogen-bond donors (Lipinski definition) is 1. The van der Waals surface area contributed by atoms with Crippen LogP contribution in [0.25, 0.3) is 11.3 Å². The number of amides is 1. The molecule has 2 N–H and O–H groups in total. The standard InChI is InChI=1S/C28H35N7O2/c1-37-27-8-3-2-7-26(27)32-11-13-33(14-12-32)28(36)24-18-34-10-9-20(24)16-23(34)17-35-19-25(30-31-35)21-5-4-6-22(29)15-21/h2-8,15,19-20,23-24H,9-14,16-18,29H2,1H3. The van der Waals surface area contributed by atoms with Crippen LogP contribution in [0.1, 0.15) is 12.8 Å². The van der Waals surface area contributed by atoms with Crippen LogP contribution < -0.4 is 15.4 Å². The molecule has 2 aromatic carbocycles. The van der Waals surface area contributed by atoms with E-state index in [-0.39, 0.29) is 5.92 Å². The monoisotopic (exact) mass is 501 g/mol. The van der Waals surface area contributed by atoms with Gasteiger partial charge in [0.05, 0.1) is 31.5 Å². The molecule has 4 aliphatic heterocycles. The van der Waals surface area contributed by atoms with Crippen LogP contribution in [0.3, 0.4) is 0 Å². The zero-order chi connectivity index (χ0) is 25.4. The molecule has 194 valence electrons. The number of nitrogens with two attached hydrogens (primary N) is 1. The van der Waals surface area contributed by atoms with Crippen molar-refractivity contribution < 1.29 is 9.53 Å². The van der Waals surface area contributed by atoms with E-state index in [1.165, 1.54) is 0 Å². The molecule has 4 saturated heterocycles. The molecule has 4 atom stereocenters. The molecule has 0 spiro atoms. The number of nitrogen functional groups attached to an aromatic ring is 1. The third kappa shape index (κ3) is 4.75. The fraction of sp³-hybridized carbons (Fsp3) is 0.464. The molecule has 2 bridgehead atoms. The SMILES string of the molecule is COc1ccccc1N1CCN(C(=O)C2CN3CCC2CC3Cn2cc(-c3cccc(N)c3)nn2)CC1. The van der Waals surface area contributed by atoms with E-state index in [4.69, 9.17) is 10.5 Å². The van der Waals surface area contributed by atoms with Crippen LogP contribution in [-0.4, -0.2) is 83.1 Å². The van der Waals surface area contributed by atoms with E-state index >= 15 is 0 Å². The molecule has 3 aromatic rings. The van der Waals surface area contributed by atoms with Crippen molar-refractivity contribution in [2.45, 2.75) is 25.4 Å². The van der Waals surface area contributed by atoms with E-state index < -0.39 is 0 Å². The van der Waals surface area contributed by atoms with Crippen molar-refractivity contribution in [1.82, 2.24) is 24.8 Å². The fourth-order valence-corrected chi connectivity index (χ4v) is 6.33. The van der Waals surface area contributed by atoms with Crippen molar-refractivity contribution in [1.29, 1.82) is 0 Å². The smallest absolute Gasteiger partial charge is 0.227 e. The first kappa shape index (κ1) is 23.8. The summed E-state index contributed by atoms with van der Waals surface area (Å²) in [4.78, 5) is 20.5. The predicted octanol–water partition coefficient (Wildman–Crippen LogP) is 2.60. The van der Waals surface area contributed by atoms with E-state index in [1.807, 2.05) is 53.3 Å². The summed E-state index contributed by atoms with van der Waals surface area (Å²) in [7, 11) is 1.71. The van der Waals surface area contributed by atoms with Gasteiger partial charge in [0.15, 0.2) is 0 Å². The Morgan fingerprint density at radius 2 is 1.92 bits per heavy atom. The van der Waals surface area contributed by atoms with Crippen LogP contribution in [0.2, 0.25) is 0 Å². The Morgan fingerprint density at radius 1 is 1.08 bits per heavy atom. The minimum Gasteiger partial charge on any atom is -0.495 e. The maximum Gasteiger partial charge on any atom is 0.227 e. The average molecular weight is 502 g/mol. The van der Waals surface area contributed by atoms with Gasteiger partial charge in [0, 0.05) is 50.0 Å². The Labute approximate surface area is 217 Å². The second kappa shape index (κ2) is 10.0. The second-order valence-electron chi connectivity index (χ2n) is 10.5. The first-order valence-corrected chi connectivity index (χ1v) is 13.3. The molecule has 1 amide bonds. The number of fused-ring (bicyclic) bond motifs is 3. The number of anilines is 2. The van der Waals surface area contributed by atoms with Gasteiger partial charge in [0.2, 0.25) is 5.91 Å². The summed E-state index contributed by atoms with van der Waals surface area (Å²) in [5.74, 6) is 1.75. The van der Waals surface area contributed by atoms with Gasteiger partial charge in [0.25, 0.3) is 0 Å². The maximum absolute atomic E-state index is 13.6. The van der Waals surface area contributed by atoms with Gasteiger partial charge in [-0.15, -0.1) is 5.10 Å². The van der Waals surface area contributed by atoms with Crippen molar-refractivity contribution in [3.05, 3.63) is 54.7 Å². The Balaban J connectivity index is 1.05. The van der Waals surface area contributed by atoms with Crippen LogP contribution >= 0.6 is 0 Å². The molecule has 4 aliphatic rings. The first-order chi connectivity index (χ1) is 18.1. The molecule has 37 heavy (non-hydrogen) atoms. The molecule has 7 rings (SSSR count). The van der Waals surface area contributed by atoms with Crippen LogP contribution in [-0.2, 0) is 11.3 Å². The largest absolute Gasteiger partial charge is 0.495 e. The molecular formula is C28H35N7O2. The van der Waals surface area contributed by atoms with Crippen LogP contribution in [0, 0.1) is 11.8 Å². The molecule has 5 heterocycles. The van der Waals surface area contributed by atoms with E-state index in [0.717, 1.165) is 87.0 Å². The number of hydrogen-bond acceptors (Lipinski definition) is 7.